The summed E-state index contributed by atoms with van der Waals surface area (Å²) < 4.78 is 9.41. The van der Waals surface area contributed by atoms with Gasteiger partial charge in [0.15, 0.2) is 11.2 Å². The van der Waals surface area contributed by atoms with Gasteiger partial charge in [0.25, 0.3) is 5.56 Å². The largest absolute Gasteiger partial charge is 0.439 e. The maximum absolute atomic E-state index is 12.5. The van der Waals surface area contributed by atoms with Crippen molar-refractivity contribution in [3.8, 4) is 11.6 Å². The molecule has 158 valence electrons. The number of fused-ring (bicyclic) bond motifs is 1. The Bertz CT molecular complexity index is 1370. The minimum absolute atomic E-state index is 0.103. The number of imidazole rings is 1. The molecule has 1 aromatic carbocycles. The van der Waals surface area contributed by atoms with Gasteiger partial charge >= 0.3 is 5.69 Å². The molecular formula is C21H20N6O4. The van der Waals surface area contributed by atoms with Gasteiger partial charge in [-0.1, -0.05) is 18.2 Å². The van der Waals surface area contributed by atoms with E-state index >= 15 is 0 Å². The molecule has 0 atom stereocenters. The van der Waals surface area contributed by atoms with E-state index in [0.717, 1.165) is 10.1 Å². The van der Waals surface area contributed by atoms with E-state index in [9.17, 15) is 14.4 Å². The van der Waals surface area contributed by atoms with E-state index in [4.69, 9.17) is 4.74 Å². The molecule has 0 spiro atoms. The molecule has 4 rings (SSSR count). The molecule has 0 fully saturated rings. The van der Waals surface area contributed by atoms with Gasteiger partial charge in [-0.05, 0) is 23.8 Å². The molecule has 0 aliphatic heterocycles. The smallest absolute Gasteiger partial charge is 0.332 e. The summed E-state index contributed by atoms with van der Waals surface area (Å²) in [6, 6.07) is 12.7. The lowest BCUT2D eigenvalue weighted by atomic mass is 10.2. The standard InChI is InChI=1S/C21H20N6O4/c1-25-19-18(20(29)26(2)21(25)30)27(13-24-19)12-16(28)23-11-14-6-5-7-15(10-14)31-17-8-3-4-9-22-17/h3-10,13H,11-12H2,1-2H3,(H,23,28). The lowest BCUT2D eigenvalue weighted by Gasteiger charge is -2.09. The van der Waals surface area contributed by atoms with E-state index in [1.165, 1.54) is 29.6 Å². The van der Waals surface area contributed by atoms with E-state index in [1.54, 1.807) is 24.4 Å². The van der Waals surface area contributed by atoms with E-state index in [0.29, 0.717) is 11.6 Å². The molecule has 31 heavy (non-hydrogen) atoms. The Morgan fingerprint density at radius 3 is 2.68 bits per heavy atom. The Labute approximate surface area is 176 Å². The highest BCUT2D eigenvalue weighted by atomic mass is 16.5. The molecule has 0 saturated carbocycles. The van der Waals surface area contributed by atoms with Crippen LogP contribution in [0.25, 0.3) is 11.2 Å². The first kappa shape index (κ1) is 20.1. The third-order valence-electron chi connectivity index (χ3n) is 4.78. The fourth-order valence-electron chi connectivity index (χ4n) is 3.18. The molecule has 0 bridgehead atoms. The molecule has 4 aromatic rings. The third-order valence-corrected chi connectivity index (χ3v) is 4.78. The molecule has 1 N–H and O–H groups in total. The van der Waals surface area contributed by atoms with Gasteiger partial charge in [0, 0.05) is 32.9 Å². The molecule has 0 unspecified atom stereocenters. The minimum atomic E-state index is -0.497. The highest BCUT2D eigenvalue weighted by Crippen LogP contribution is 2.20. The van der Waals surface area contributed by atoms with E-state index < -0.39 is 11.2 Å². The van der Waals surface area contributed by atoms with Crippen molar-refractivity contribution in [2.45, 2.75) is 13.1 Å². The summed E-state index contributed by atoms with van der Waals surface area (Å²) >= 11 is 0. The lowest BCUT2D eigenvalue weighted by Crippen LogP contribution is -2.38. The predicted molar refractivity (Wildman–Crippen MR) is 113 cm³/mol. The van der Waals surface area contributed by atoms with Crippen LogP contribution < -0.4 is 21.3 Å². The highest BCUT2D eigenvalue weighted by molar-refractivity contribution is 5.78. The first-order valence-electron chi connectivity index (χ1n) is 9.49. The number of amides is 1. The van der Waals surface area contributed by atoms with Crippen molar-refractivity contribution in [1.29, 1.82) is 0 Å². The molecule has 3 aromatic heterocycles. The lowest BCUT2D eigenvalue weighted by molar-refractivity contribution is -0.121. The van der Waals surface area contributed by atoms with Crippen molar-refractivity contribution in [3.05, 3.63) is 81.4 Å². The quantitative estimate of drug-likeness (QED) is 0.497. The molecule has 0 saturated heterocycles. The minimum Gasteiger partial charge on any atom is -0.439 e. The maximum Gasteiger partial charge on any atom is 0.332 e. The number of rotatable bonds is 6. The number of carbonyl (C=O) groups excluding carboxylic acids is 1. The summed E-state index contributed by atoms with van der Waals surface area (Å²) in [4.78, 5) is 45.2. The van der Waals surface area contributed by atoms with Gasteiger partial charge in [-0.25, -0.2) is 14.8 Å². The van der Waals surface area contributed by atoms with E-state index in [1.807, 2.05) is 24.3 Å². The Hall–Kier alpha value is -4.21. The molecule has 0 aliphatic carbocycles. The molecule has 10 heteroatoms. The number of aromatic nitrogens is 5. The van der Waals surface area contributed by atoms with Crippen LogP contribution >= 0.6 is 0 Å². The van der Waals surface area contributed by atoms with Gasteiger partial charge in [0.1, 0.15) is 12.3 Å². The number of ether oxygens (including phenoxy) is 1. The zero-order chi connectivity index (χ0) is 22.0. The fourth-order valence-corrected chi connectivity index (χ4v) is 3.18. The van der Waals surface area contributed by atoms with Gasteiger partial charge in [-0.3, -0.25) is 18.7 Å². The van der Waals surface area contributed by atoms with E-state index in [2.05, 4.69) is 15.3 Å². The van der Waals surface area contributed by atoms with Crippen LogP contribution in [0.4, 0.5) is 0 Å². The zero-order valence-corrected chi connectivity index (χ0v) is 17.0. The van der Waals surface area contributed by atoms with Crippen LogP contribution in [0.15, 0.2) is 64.6 Å². The average Bonchev–Trinajstić information content (AvgIpc) is 3.19. The summed E-state index contributed by atoms with van der Waals surface area (Å²) in [5.41, 5.74) is 0.309. The molecule has 10 nitrogen and oxygen atoms in total. The number of benzene rings is 1. The summed E-state index contributed by atoms with van der Waals surface area (Å²) in [6.07, 6.45) is 3.02. The topological polar surface area (TPSA) is 113 Å². The average molecular weight is 420 g/mol. The summed E-state index contributed by atoms with van der Waals surface area (Å²) in [5.74, 6) is 0.786. The van der Waals surface area contributed by atoms with Crippen LogP contribution in [-0.2, 0) is 32.0 Å². The summed E-state index contributed by atoms with van der Waals surface area (Å²) in [7, 11) is 2.92. The van der Waals surface area contributed by atoms with Crippen LogP contribution in [-0.4, -0.2) is 29.6 Å². The summed E-state index contributed by atoms with van der Waals surface area (Å²) in [6.45, 7) is 0.176. The second kappa shape index (κ2) is 8.27. The number of hydrogen-bond donors (Lipinski definition) is 1. The van der Waals surface area contributed by atoms with Crippen LogP contribution in [0.2, 0.25) is 0 Å². The van der Waals surface area contributed by atoms with E-state index in [-0.39, 0.29) is 30.2 Å². The Kier molecular flexibility index (Phi) is 5.35. The number of nitrogens with one attached hydrogen (secondary N) is 1. The Morgan fingerprint density at radius 1 is 1.06 bits per heavy atom. The fraction of sp³-hybridized carbons (Fsp3) is 0.190. The first-order valence-corrected chi connectivity index (χ1v) is 9.49. The SMILES string of the molecule is Cn1c(=O)c2c(ncn2CC(=O)NCc2cccc(Oc3ccccn3)c2)n(C)c1=O. The van der Waals surface area contributed by atoms with Crippen LogP contribution in [0.5, 0.6) is 11.6 Å². The second-order valence-corrected chi connectivity index (χ2v) is 6.94. The number of aryl methyl sites for hydroxylation is 1. The second-order valence-electron chi connectivity index (χ2n) is 6.94. The van der Waals surface area contributed by atoms with Gasteiger partial charge in [-0.2, -0.15) is 0 Å². The third kappa shape index (κ3) is 4.08. The summed E-state index contributed by atoms with van der Waals surface area (Å²) in [5, 5.41) is 2.82. The molecule has 3 heterocycles. The molecule has 0 aliphatic rings. The van der Waals surface area contributed by atoms with Gasteiger partial charge in [-0.15, -0.1) is 0 Å². The van der Waals surface area contributed by atoms with Crippen molar-refractivity contribution in [3.63, 3.8) is 0 Å². The number of carbonyl (C=O) groups is 1. The maximum atomic E-state index is 12.5. The number of nitrogens with zero attached hydrogens (tertiary/aromatic N) is 5. The number of pyridine rings is 1. The Morgan fingerprint density at radius 2 is 1.90 bits per heavy atom. The zero-order valence-electron chi connectivity index (χ0n) is 17.0. The first-order chi connectivity index (χ1) is 14.9. The molecular weight excluding hydrogens is 400 g/mol. The normalized spacial score (nSPS) is 10.9. The Balaban J connectivity index is 1.45. The van der Waals surface area contributed by atoms with Crippen molar-refractivity contribution < 1.29 is 9.53 Å². The van der Waals surface area contributed by atoms with Crippen LogP contribution in [0, 0.1) is 0 Å². The van der Waals surface area contributed by atoms with Crippen molar-refractivity contribution in [2.75, 3.05) is 0 Å². The highest BCUT2D eigenvalue weighted by Gasteiger charge is 2.15. The monoisotopic (exact) mass is 420 g/mol. The van der Waals surface area contributed by atoms with Gasteiger partial charge < -0.3 is 14.6 Å². The van der Waals surface area contributed by atoms with Gasteiger partial charge in [0.05, 0.1) is 6.33 Å². The van der Waals surface area contributed by atoms with Crippen molar-refractivity contribution >= 4 is 17.1 Å². The van der Waals surface area contributed by atoms with Crippen LogP contribution in [0.3, 0.4) is 0 Å². The number of hydrogen-bond acceptors (Lipinski definition) is 6. The van der Waals surface area contributed by atoms with Crippen molar-refractivity contribution in [1.82, 2.24) is 29.0 Å². The molecule has 1 amide bonds. The van der Waals surface area contributed by atoms with Crippen LogP contribution in [0.1, 0.15) is 5.56 Å². The van der Waals surface area contributed by atoms with Crippen molar-refractivity contribution in [2.24, 2.45) is 14.1 Å². The van der Waals surface area contributed by atoms with Gasteiger partial charge in [0.2, 0.25) is 11.8 Å². The predicted octanol–water partition coefficient (Wildman–Crippen LogP) is 0.937. The molecule has 0 radical (unpaired) electrons.